The number of carbonyl (C=O) groups is 3. The Kier molecular flexibility index (Phi) is 6.91. The van der Waals surface area contributed by atoms with Crippen LogP contribution in [0.15, 0.2) is 11.1 Å². The summed E-state index contributed by atoms with van der Waals surface area (Å²) in [6, 6.07) is 0. The fourth-order valence-electron chi connectivity index (χ4n) is 8.53. The minimum atomic E-state index is -0.233. The molecule has 6 nitrogen and oxygen atoms in total. The van der Waals surface area contributed by atoms with E-state index in [4.69, 9.17) is 14.2 Å². The highest BCUT2D eigenvalue weighted by atomic mass is 16.5. The van der Waals surface area contributed by atoms with Crippen molar-refractivity contribution in [1.82, 2.24) is 0 Å². The van der Waals surface area contributed by atoms with Gasteiger partial charge in [0.05, 0.1) is 7.11 Å². The Bertz CT molecular complexity index is 876. The van der Waals surface area contributed by atoms with Crippen LogP contribution in [0, 0.1) is 34.5 Å². The molecule has 0 aromatic carbocycles. The summed E-state index contributed by atoms with van der Waals surface area (Å²) in [7, 11) is 1.45. The molecule has 0 heterocycles. The summed E-state index contributed by atoms with van der Waals surface area (Å²) in [5, 5.41) is 0. The first-order valence-electron chi connectivity index (χ1n) is 13.1. The zero-order valence-corrected chi connectivity index (χ0v) is 21.8. The van der Waals surface area contributed by atoms with Crippen molar-refractivity contribution in [2.45, 2.75) is 105 Å². The zero-order valence-electron chi connectivity index (χ0n) is 21.8. The first-order valence-corrected chi connectivity index (χ1v) is 13.1. The summed E-state index contributed by atoms with van der Waals surface area (Å²) in [4.78, 5) is 35.9. The third kappa shape index (κ3) is 4.19. The molecule has 0 N–H and O–H groups in total. The number of carbonyl (C=O) groups excluding carboxylic acids is 3. The van der Waals surface area contributed by atoms with Gasteiger partial charge in [0.25, 0.3) is 0 Å². The van der Waals surface area contributed by atoms with E-state index in [2.05, 4.69) is 20.8 Å². The highest BCUT2D eigenvalue weighted by Gasteiger charge is 2.60. The Morgan fingerprint density at radius 3 is 2.35 bits per heavy atom. The first kappa shape index (κ1) is 25.2. The second-order valence-electron chi connectivity index (χ2n) is 11.8. The molecule has 0 amide bonds. The van der Waals surface area contributed by atoms with Crippen LogP contribution in [0.5, 0.6) is 0 Å². The molecule has 34 heavy (non-hydrogen) atoms. The monoisotopic (exact) mass is 474 g/mol. The lowest BCUT2D eigenvalue weighted by Crippen LogP contribution is -2.53. The Morgan fingerprint density at radius 1 is 1.00 bits per heavy atom. The second-order valence-corrected chi connectivity index (χ2v) is 11.8. The summed E-state index contributed by atoms with van der Waals surface area (Å²) in [5.41, 5.74) is 3.00. The van der Waals surface area contributed by atoms with E-state index in [1.165, 1.54) is 26.5 Å². The maximum atomic E-state index is 12.3. The quantitative estimate of drug-likeness (QED) is 0.302. The number of hydrogen-bond acceptors (Lipinski definition) is 6. The summed E-state index contributed by atoms with van der Waals surface area (Å²) in [6.45, 7) is 9.87. The van der Waals surface area contributed by atoms with E-state index < -0.39 is 0 Å². The number of methoxy groups -OCH3 is 1. The van der Waals surface area contributed by atoms with E-state index in [9.17, 15) is 14.4 Å². The Hall–Kier alpha value is -1.85. The molecule has 190 valence electrons. The van der Waals surface area contributed by atoms with Crippen LogP contribution < -0.4 is 0 Å². The van der Waals surface area contributed by atoms with E-state index in [1.54, 1.807) is 5.57 Å². The average molecular weight is 475 g/mol. The molecule has 4 aliphatic carbocycles. The minimum Gasteiger partial charge on any atom is -0.469 e. The largest absolute Gasteiger partial charge is 0.469 e. The van der Waals surface area contributed by atoms with Crippen LogP contribution in [0.25, 0.3) is 0 Å². The fourth-order valence-corrected chi connectivity index (χ4v) is 8.53. The van der Waals surface area contributed by atoms with E-state index in [1.807, 2.05) is 0 Å². The minimum absolute atomic E-state index is 0.0259. The lowest BCUT2D eigenvalue weighted by Gasteiger charge is -2.58. The van der Waals surface area contributed by atoms with Crippen molar-refractivity contribution in [3.8, 4) is 0 Å². The summed E-state index contributed by atoms with van der Waals surface area (Å²) < 4.78 is 16.7. The van der Waals surface area contributed by atoms with E-state index >= 15 is 0 Å². The predicted molar refractivity (Wildman–Crippen MR) is 128 cm³/mol. The van der Waals surface area contributed by atoms with Crippen molar-refractivity contribution in [2.24, 2.45) is 34.5 Å². The van der Waals surface area contributed by atoms with Gasteiger partial charge in [-0.05, 0) is 80.5 Å². The molecule has 0 aromatic heterocycles. The van der Waals surface area contributed by atoms with E-state index in [-0.39, 0.29) is 52.8 Å². The standard InChI is InChI=1S/C28H42O6/c1-16(13-26(31)32-6)22-9-10-23-21-8-7-19-14-20(33-17(2)29)11-12-27(19,4)24(21)15-25(28(22,23)5)34-18(3)30/h16,19-20,22,24-25H,7-15H2,1-6H3/t16-,19?,20?,22?,24?,25+,27?,28?/m1/s1. The molecule has 4 rings (SSSR count). The number of fused-ring (bicyclic) bond motifs is 4. The summed E-state index contributed by atoms with van der Waals surface area (Å²) >= 11 is 0. The molecule has 0 aliphatic heterocycles. The van der Waals surface area contributed by atoms with Gasteiger partial charge in [-0.3, -0.25) is 14.4 Å². The molecule has 8 atom stereocenters. The number of esters is 3. The van der Waals surface area contributed by atoms with Gasteiger partial charge in [0.15, 0.2) is 0 Å². The number of rotatable bonds is 5. The number of hydrogen-bond donors (Lipinski definition) is 0. The van der Waals surface area contributed by atoms with Crippen LogP contribution in [0.3, 0.4) is 0 Å². The average Bonchev–Trinajstić information content (AvgIpc) is 3.12. The maximum absolute atomic E-state index is 12.3. The Balaban J connectivity index is 1.68. The van der Waals surface area contributed by atoms with Crippen molar-refractivity contribution in [1.29, 1.82) is 0 Å². The number of ether oxygens (including phenoxy) is 3. The van der Waals surface area contributed by atoms with Crippen LogP contribution in [-0.2, 0) is 28.6 Å². The topological polar surface area (TPSA) is 78.9 Å². The predicted octanol–water partition coefficient (Wildman–Crippen LogP) is 5.38. The van der Waals surface area contributed by atoms with Gasteiger partial charge in [-0.15, -0.1) is 0 Å². The summed E-state index contributed by atoms with van der Waals surface area (Å²) in [5.74, 6) is 0.766. The van der Waals surface area contributed by atoms with Gasteiger partial charge < -0.3 is 14.2 Å². The van der Waals surface area contributed by atoms with Crippen LogP contribution in [0.1, 0.15) is 92.4 Å². The fraction of sp³-hybridized carbons (Fsp3) is 0.821. The van der Waals surface area contributed by atoms with Gasteiger partial charge in [-0.1, -0.05) is 31.9 Å². The third-order valence-electron chi connectivity index (χ3n) is 10.1. The Morgan fingerprint density at radius 2 is 1.71 bits per heavy atom. The molecule has 3 saturated carbocycles. The van der Waals surface area contributed by atoms with Crippen LogP contribution >= 0.6 is 0 Å². The smallest absolute Gasteiger partial charge is 0.305 e. The summed E-state index contributed by atoms with van der Waals surface area (Å²) in [6.07, 6.45) is 8.20. The molecule has 6 heteroatoms. The van der Waals surface area contributed by atoms with E-state index in [0.717, 1.165) is 51.4 Å². The molecule has 4 aliphatic rings. The van der Waals surface area contributed by atoms with Crippen molar-refractivity contribution >= 4 is 17.9 Å². The normalized spacial score (nSPS) is 39.9. The molecule has 3 fully saturated rings. The van der Waals surface area contributed by atoms with Crippen LogP contribution in [0.4, 0.5) is 0 Å². The third-order valence-corrected chi connectivity index (χ3v) is 10.1. The molecule has 0 bridgehead atoms. The molecular formula is C28H42O6. The maximum Gasteiger partial charge on any atom is 0.305 e. The lowest BCUT2D eigenvalue weighted by molar-refractivity contribution is -0.161. The second kappa shape index (κ2) is 9.31. The van der Waals surface area contributed by atoms with Gasteiger partial charge in [0.2, 0.25) is 0 Å². The van der Waals surface area contributed by atoms with E-state index in [0.29, 0.717) is 18.3 Å². The highest BCUT2D eigenvalue weighted by molar-refractivity contribution is 5.69. The molecule has 0 aromatic rings. The highest BCUT2D eigenvalue weighted by Crippen LogP contribution is 2.66. The van der Waals surface area contributed by atoms with Crippen LogP contribution in [-0.4, -0.2) is 37.2 Å². The van der Waals surface area contributed by atoms with Gasteiger partial charge >= 0.3 is 17.9 Å². The first-order chi connectivity index (χ1) is 16.0. The molecule has 6 unspecified atom stereocenters. The van der Waals surface area contributed by atoms with Crippen molar-refractivity contribution in [2.75, 3.05) is 7.11 Å². The molecule has 0 radical (unpaired) electrons. The van der Waals surface area contributed by atoms with Gasteiger partial charge in [0, 0.05) is 25.7 Å². The SMILES string of the molecule is COC(=O)C[C@@H](C)C1CCC2=C3CCC4CC(OC(C)=O)CCC4(C)C3C[C@H](OC(C)=O)C21C. The molecular weight excluding hydrogens is 432 g/mol. The van der Waals surface area contributed by atoms with Crippen molar-refractivity contribution < 1.29 is 28.6 Å². The van der Waals surface area contributed by atoms with Crippen molar-refractivity contribution in [3.05, 3.63) is 11.1 Å². The van der Waals surface area contributed by atoms with Gasteiger partial charge in [-0.25, -0.2) is 0 Å². The number of allylic oxidation sites excluding steroid dienone is 1. The van der Waals surface area contributed by atoms with Gasteiger partial charge in [0.1, 0.15) is 12.2 Å². The van der Waals surface area contributed by atoms with Crippen molar-refractivity contribution in [3.63, 3.8) is 0 Å². The Labute approximate surface area is 204 Å². The molecule has 0 spiro atoms. The van der Waals surface area contributed by atoms with Gasteiger partial charge in [-0.2, -0.15) is 0 Å². The zero-order chi connectivity index (χ0) is 24.8. The van der Waals surface area contributed by atoms with Crippen LogP contribution in [0.2, 0.25) is 0 Å². The molecule has 0 saturated heterocycles. The lowest BCUT2D eigenvalue weighted by atomic mass is 9.48.